The van der Waals surface area contributed by atoms with Crippen LogP contribution in [-0.2, 0) is 31.7 Å². The van der Waals surface area contributed by atoms with Crippen molar-refractivity contribution in [3.63, 3.8) is 0 Å². The summed E-state index contributed by atoms with van der Waals surface area (Å²) >= 11 is 0. The molecular weight excluding hydrogens is 711 g/mol. The smallest absolute Gasteiger partial charge is 0.416 e. The lowest BCUT2D eigenvalue weighted by Crippen LogP contribution is -2.60. The van der Waals surface area contributed by atoms with Crippen LogP contribution in [0.5, 0.6) is 0 Å². The van der Waals surface area contributed by atoms with E-state index in [1.165, 1.54) is 12.1 Å². The Morgan fingerprint density at radius 2 is 1.76 bits per heavy atom. The fraction of sp³-hybridized carbons (Fsp3) is 0.614. The number of benzene rings is 2. The fourth-order valence-electron chi connectivity index (χ4n) is 10.1. The molecule has 2 saturated carbocycles. The molecule has 1 heterocycles. The van der Waals surface area contributed by atoms with Crippen LogP contribution < -0.4 is 0 Å². The summed E-state index contributed by atoms with van der Waals surface area (Å²) in [5, 5.41) is 24.0. The van der Waals surface area contributed by atoms with Crippen LogP contribution in [0.3, 0.4) is 0 Å². The minimum absolute atomic E-state index is 0.0431. The van der Waals surface area contributed by atoms with Crippen molar-refractivity contribution in [3.8, 4) is 0 Å². The number of fused-ring (bicyclic) bond motifs is 10. The highest BCUT2D eigenvalue weighted by atomic mass is 19.4. The number of halogens is 3. The van der Waals surface area contributed by atoms with Crippen molar-refractivity contribution in [1.82, 2.24) is 4.90 Å². The second kappa shape index (κ2) is 14.8. The molecule has 2 aromatic carbocycles. The summed E-state index contributed by atoms with van der Waals surface area (Å²) in [5.41, 5.74) is -3.74. The largest absolute Gasteiger partial charge is 0.448 e. The van der Waals surface area contributed by atoms with Gasteiger partial charge in [-0.3, -0.25) is 14.4 Å². The first kappa shape index (κ1) is 41.1. The highest BCUT2D eigenvalue weighted by molar-refractivity contribution is 6.10. The van der Waals surface area contributed by atoms with Gasteiger partial charge in [0.1, 0.15) is 0 Å². The number of methoxy groups -OCH3 is 1. The molecule has 1 aliphatic heterocycles. The van der Waals surface area contributed by atoms with Crippen LogP contribution >= 0.6 is 0 Å². The maximum atomic E-state index is 14.9. The Bertz CT molecular complexity index is 1860. The van der Waals surface area contributed by atoms with Gasteiger partial charge in [0.05, 0.1) is 29.2 Å². The van der Waals surface area contributed by atoms with E-state index in [1.54, 1.807) is 18.1 Å². The summed E-state index contributed by atoms with van der Waals surface area (Å²) < 4.78 is 52.8. The van der Waals surface area contributed by atoms with Crippen LogP contribution in [-0.4, -0.2) is 76.9 Å². The molecule has 2 N–H and O–H groups in total. The Hall–Kier alpha value is -3.54. The van der Waals surface area contributed by atoms with E-state index in [1.807, 2.05) is 46.8 Å². The Balaban J connectivity index is 1.44. The van der Waals surface area contributed by atoms with E-state index >= 15 is 0 Å². The molecule has 3 fully saturated rings. The molecule has 4 bridgehead atoms. The number of alkyl halides is 3. The van der Waals surface area contributed by atoms with E-state index in [-0.39, 0.29) is 48.9 Å². The molecule has 4 aliphatic carbocycles. The molecule has 6 atom stereocenters. The number of aliphatic hydroxyl groups excluding tert-OH is 1. The molecule has 11 heteroatoms. The van der Waals surface area contributed by atoms with E-state index in [4.69, 9.17) is 9.47 Å². The standard InChI is InChI=1S/C44H56F3NO7/c1-28-10-8-18-40(4)35(33-16-14-29(24-32(49)15-13-28)25-34(33)36(50)30-11-7-12-31(26-30)44(45,46)47)17-19-42(40,53)27-48(22-9-23-54-6)37(51)43-21-20-41(5,38(52)55-43)39(43,2)3/h7,10-12,14,16,25-26,32,35,49,53H,8-9,13,15,17-24,27H2,1-6H3. The molecule has 0 spiro atoms. The Morgan fingerprint density at radius 1 is 1.02 bits per heavy atom. The molecule has 1 amide bonds. The molecule has 1 saturated heterocycles. The van der Waals surface area contributed by atoms with Crippen LogP contribution in [0.15, 0.2) is 54.1 Å². The van der Waals surface area contributed by atoms with E-state index in [0.29, 0.717) is 69.1 Å². The first-order valence-electron chi connectivity index (χ1n) is 19.7. The molecule has 300 valence electrons. The Morgan fingerprint density at radius 3 is 2.42 bits per heavy atom. The van der Waals surface area contributed by atoms with Crippen LogP contribution in [0.25, 0.3) is 0 Å². The Kier molecular flexibility index (Phi) is 11.0. The summed E-state index contributed by atoms with van der Waals surface area (Å²) in [6, 6.07) is 9.82. The number of allylic oxidation sites excluding steroid dienone is 2. The summed E-state index contributed by atoms with van der Waals surface area (Å²) in [6.07, 6.45) is 1.40. The van der Waals surface area contributed by atoms with E-state index in [2.05, 4.69) is 6.08 Å². The van der Waals surface area contributed by atoms with E-state index < -0.39 is 57.0 Å². The summed E-state index contributed by atoms with van der Waals surface area (Å²) in [4.78, 5) is 44.2. The van der Waals surface area contributed by atoms with Gasteiger partial charge in [0, 0.05) is 42.2 Å². The van der Waals surface area contributed by atoms with Crippen molar-refractivity contribution in [1.29, 1.82) is 0 Å². The minimum Gasteiger partial charge on any atom is -0.448 e. The predicted octanol–water partition coefficient (Wildman–Crippen LogP) is 7.96. The second-order valence-corrected chi connectivity index (χ2v) is 17.6. The van der Waals surface area contributed by atoms with Gasteiger partial charge in [-0.25, -0.2) is 0 Å². The van der Waals surface area contributed by atoms with Crippen molar-refractivity contribution < 1.29 is 47.2 Å². The number of ketones is 1. The number of hydrogen-bond acceptors (Lipinski definition) is 7. The maximum absolute atomic E-state index is 14.9. The molecule has 6 unspecified atom stereocenters. The maximum Gasteiger partial charge on any atom is 0.416 e. The molecule has 2 aromatic rings. The van der Waals surface area contributed by atoms with Crippen molar-refractivity contribution in [3.05, 3.63) is 81.9 Å². The van der Waals surface area contributed by atoms with Gasteiger partial charge in [-0.2, -0.15) is 13.2 Å². The summed E-state index contributed by atoms with van der Waals surface area (Å²) in [7, 11) is 1.58. The lowest BCUT2D eigenvalue weighted by Gasteiger charge is -2.47. The van der Waals surface area contributed by atoms with Gasteiger partial charge in [-0.1, -0.05) is 56.7 Å². The molecule has 55 heavy (non-hydrogen) atoms. The number of carbonyl (C=O) groups is 3. The highest BCUT2D eigenvalue weighted by Gasteiger charge is 2.76. The average molecular weight is 768 g/mol. The van der Waals surface area contributed by atoms with Gasteiger partial charge in [0.15, 0.2) is 11.4 Å². The van der Waals surface area contributed by atoms with Crippen molar-refractivity contribution in [2.75, 3.05) is 26.8 Å². The van der Waals surface area contributed by atoms with Crippen molar-refractivity contribution >= 4 is 17.7 Å². The second-order valence-electron chi connectivity index (χ2n) is 17.6. The molecule has 8 nitrogen and oxygen atoms in total. The summed E-state index contributed by atoms with van der Waals surface area (Å²) in [5.74, 6) is -1.70. The lowest BCUT2D eigenvalue weighted by molar-refractivity contribution is -0.177. The average Bonchev–Trinajstić information content (AvgIpc) is 3.57. The van der Waals surface area contributed by atoms with Crippen molar-refractivity contribution in [2.45, 2.75) is 128 Å². The predicted molar refractivity (Wildman–Crippen MR) is 201 cm³/mol. The van der Waals surface area contributed by atoms with Gasteiger partial charge < -0.3 is 24.6 Å². The van der Waals surface area contributed by atoms with Crippen LogP contribution in [0.1, 0.15) is 131 Å². The monoisotopic (exact) mass is 767 g/mol. The third-order valence-corrected chi connectivity index (χ3v) is 14.3. The molecule has 0 aromatic heterocycles. The zero-order chi connectivity index (χ0) is 40.2. The summed E-state index contributed by atoms with van der Waals surface area (Å²) in [6.45, 7) is 10.3. The third-order valence-electron chi connectivity index (χ3n) is 14.3. The van der Waals surface area contributed by atoms with Gasteiger partial charge in [-0.05, 0) is 113 Å². The first-order chi connectivity index (χ1) is 25.7. The molecule has 0 radical (unpaired) electrons. The SMILES string of the molecule is COCCCN(CC1(O)CCC2c3ccc(cc3C(=O)c3cccc(C(F)(F)F)c3)CC(O)CCC(C)=CCCC21C)C(=O)C12CCC(C)(C(=O)O1)C2(C)C. The third kappa shape index (κ3) is 6.96. The lowest BCUT2D eigenvalue weighted by atomic mass is 9.64. The van der Waals surface area contributed by atoms with Gasteiger partial charge in [0.25, 0.3) is 5.91 Å². The first-order valence-corrected chi connectivity index (χ1v) is 19.7. The van der Waals surface area contributed by atoms with Gasteiger partial charge in [0.2, 0.25) is 0 Å². The Labute approximate surface area is 322 Å². The van der Waals surface area contributed by atoms with Crippen molar-refractivity contribution in [2.24, 2.45) is 16.2 Å². The zero-order valence-corrected chi connectivity index (χ0v) is 33.0. The number of esters is 1. The van der Waals surface area contributed by atoms with Crippen LogP contribution in [0, 0.1) is 16.2 Å². The fourth-order valence-corrected chi connectivity index (χ4v) is 10.1. The number of rotatable bonds is 9. The molecule has 5 aliphatic rings. The zero-order valence-electron chi connectivity index (χ0n) is 33.0. The molecule has 7 rings (SSSR count). The normalized spacial score (nSPS) is 31.8. The topological polar surface area (TPSA) is 113 Å². The van der Waals surface area contributed by atoms with Gasteiger partial charge in [-0.15, -0.1) is 0 Å². The number of ether oxygens (including phenoxy) is 2. The molecular formula is C44H56F3NO7. The van der Waals surface area contributed by atoms with Gasteiger partial charge >= 0.3 is 12.1 Å². The number of amides is 1. The highest BCUT2D eigenvalue weighted by Crippen LogP contribution is 2.66. The van der Waals surface area contributed by atoms with Crippen LogP contribution in [0.4, 0.5) is 13.2 Å². The number of hydrogen-bond donors (Lipinski definition) is 2. The number of carbonyl (C=O) groups excluding carboxylic acids is 3. The van der Waals surface area contributed by atoms with E-state index in [0.717, 1.165) is 17.7 Å². The minimum atomic E-state index is -4.64. The van der Waals surface area contributed by atoms with E-state index in [9.17, 15) is 37.8 Å². The number of aliphatic hydroxyl groups is 2. The number of nitrogens with zero attached hydrogens (tertiary/aromatic N) is 1. The van der Waals surface area contributed by atoms with Crippen LogP contribution in [0.2, 0.25) is 0 Å². The quantitative estimate of drug-likeness (QED) is 0.115.